The highest BCUT2D eigenvalue weighted by atomic mass is 35.5. The van der Waals surface area contributed by atoms with Crippen LogP contribution in [0.5, 0.6) is 5.75 Å². The van der Waals surface area contributed by atoms with E-state index in [1.54, 1.807) is 105 Å². The second-order valence-electron chi connectivity index (χ2n) is 10.6. The number of methoxy groups -OCH3 is 1. The summed E-state index contributed by atoms with van der Waals surface area (Å²) in [5, 5.41) is 12.0. The van der Waals surface area contributed by atoms with Crippen LogP contribution in [0.15, 0.2) is 91.0 Å². The van der Waals surface area contributed by atoms with Gasteiger partial charge in [0.05, 0.1) is 29.4 Å². The molecule has 1 aromatic heterocycles. The van der Waals surface area contributed by atoms with E-state index in [-0.39, 0.29) is 12.3 Å². The largest absolute Gasteiger partial charge is 0.497 e. The van der Waals surface area contributed by atoms with Gasteiger partial charge in [0.25, 0.3) is 17.7 Å². The molecule has 1 unspecified atom stereocenters. The van der Waals surface area contributed by atoms with Gasteiger partial charge in [-0.3, -0.25) is 23.7 Å². The molecule has 9 heteroatoms. The van der Waals surface area contributed by atoms with E-state index in [9.17, 15) is 24.3 Å². The van der Waals surface area contributed by atoms with Crippen LogP contribution in [-0.2, 0) is 10.2 Å². The van der Waals surface area contributed by atoms with Crippen molar-refractivity contribution in [1.82, 2.24) is 4.57 Å². The van der Waals surface area contributed by atoms with Gasteiger partial charge in [0, 0.05) is 27.2 Å². The number of carboxylic acid groups (broad SMARTS) is 1. The number of fused-ring (bicyclic) bond motifs is 2. The summed E-state index contributed by atoms with van der Waals surface area (Å²) >= 11 is 6.06. The number of carbonyl (C=O) groups excluding carboxylic acids is 3. The van der Waals surface area contributed by atoms with Crippen molar-refractivity contribution >= 4 is 51.9 Å². The number of benzene rings is 4. The quantitative estimate of drug-likeness (QED) is 0.202. The Morgan fingerprint density at radius 1 is 0.886 bits per heavy atom. The van der Waals surface area contributed by atoms with E-state index < -0.39 is 23.2 Å². The molecule has 0 saturated carbocycles. The van der Waals surface area contributed by atoms with Gasteiger partial charge in [-0.05, 0) is 85.6 Å². The molecule has 0 bridgehead atoms. The van der Waals surface area contributed by atoms with Crippen molar-refractivity contribution < 1.29 is 29.0 Å². The van der Waals surface area contributed by atoms with Crippen molar-refractivity contribution in [2.45, 2.75) is 25.7 Å². The molecule has 6 rings (SSSR count). The second kappa shape index (κ2) is 10.8. The van der Waals surface area contributed by atoms with Gasteiger partial charge in [-0.1, -0.05) is 42.8 Å². The van der Waals surface area contributed by atoms with E-state index in [2.05, 4.69) is 0 Å². The summed E-state index contributed by atoms with van der Waals surface area (Å²) in [7, 11) is 1.52. The number of aromatic nitrogens is 1. The van der Waals surface area contributed by atoms with Crippen molar-refractivity contribution in [3.8, 4) is 5.75 Å². The van der Waals surface area contributed by atoms with Crippen LogP contribution in [0.25, 0.3) is 10.9 Å². The summed E-state index contributed by atoms with van der Waals surface area (Å²) in [6.45, 7) is 3.51. The molecule has 44 heavy (non-hydrogen) atoms. The van der Waals surface area contributed by atoms with Gasteiger partial charge < -0.3 is 9.84 Å². The van der Waals surface area contributed by atoms with Crippen molar-refractivity contribution in [3.63, 3.8) is 0 Å². The molecule has 0 radical (unpaired) electrons. The van der Waals surface area contributed by atoms with Crippen LogP contribution in [0, 0.1) is 6.92 Å². The molecule has 1 aliphatic heterocycles. The molecule has 0 spiro atoms. The number of aliphatic carboxylic acids is 1. The summed E-state index contributed by atoms with van der Waals surface area (Å²) in [6, 6.07) is 24.7. The molecule has 220 valence electrons. The summed E-state index contributed by atoms with van der Waals surface area (Å²) in [6.07, 6.45) is 0.140. The Labute approximate surface area is 258 Å². The van der Waals surface area contributed by atoms with Crippen LogP contribution < -0.4 is 9.64 Å². The predicted octanol–water partition coefficient (Wildman–Crippen LogP) is 6.88. The van der Waals surface area contributed by atoms with Crippen LogP contribution in [0.2, 0.25) is 5.02 Å². The smallest absolute Gasteiger partial charge is 0.318 e. The zero-order valence-electron chi connectivity index (χ0n) is 24.1. The fourth-order valence-electron chi connectivity index (χ4n) is 6.27. The number of imide groups is 1. The summed E-state index contributed by atoms with van der Waals surface area (Å²) in [5.74, 6) is -1.82. The lowest BCUT2D eigenvalue weighted by molar-refractivity contribution is -0.142. The first-order valence-corrected chi connectivity index (χ1v) is 14.3. The summed E-state index contributed by atoms with van der Waals surface area (Å²) < 4.78 is 7.01. The lowest BCUT2D eigenvalue weighted by atomic mass is 9.71. The van der Waals surface area contributed by atoms with E-state index >= 15 is 0 Å². The van der Waals surface area contributed by atoms with E-state index in [1.807, 2.05) is 0 Å². The summed E-state index contributed by atoms with van der Waals surface area (Å²) in [5.41, 5.74) is 1.61. The van der Waals surface area contributed by atoms with Crippen LogP contribution in [-0.4, -0.2) is 40.5 Å². The molecule has 2 amide bonds. The Morgan fingerprint density at radius 2 is 1.50 bits per heavy atom. The predicted molar refractivity (Wildman–Crippen MR) is 167 cm³/mol. The highest BCUT2D eigenvalue weighted by Crippen LogP contribution is 2.45. The monoisotopic (exact) mass is 606 g/mol. The van der Waals surface area contributed by atoms with Crippen LogP contribution in [0.1, 0.15) is 61.2 Å². The number of carbonyl (C=O) groups is 4. The number of hydrogen-bond donors (Lipinski definition) is 1. The van der Waals surface area contributed by atoms with E-state index in [4.69, 9.17) is 16.3 Å². The van der Waals surface area contributed by atoms with Gasteiger partial charge in [-0.2, -0.15) is 0 Å². The average molecular weight is 607 g/mol. The number of carboxylic acids is 1. The molecule has 1 N–H and O–H groups in total. The molecule has 4 aromatic carbocycles. The fraction of sp³-hybridized carbons (Fsp3) is 0.143. The van der Waals surface area contributed by atoms with Gasteiger partial charge >= 0.3 is 5.97 Å². The van der Waals surface area contributed by atoms with E-state index in [1.165, 1.54) is 11.7 Å². The second-order valence-corrected chi connectivity index (χ2v) is 11.0. The fourth-order valence-corrected chi connectivity index (χ4v) is 6.40. The van der Waals surface area contributed by atoms with Crippen LogP contribution in [0.3, 0.4) is 0 Å². The third-order valence-electron chi connectivity index (χ3n) is 8.44. The lowest BCUT2D eigenvalue weighted by Gasteiger charge is -2.30. The first kappa shape index (κ1) is 28.9. The zero-order valence-corrected chi connectivity index (χ0v) is 24.9. The third-order valence-corrected chi connectivity index (χ3v) is 8.69. The minimum absolute atomic E-state index is 0.140. The standard InChI is InChI=1S/C35H27ClN2O6/c1-4-35(34(42)43,22-11-15-24(16-12-22)38-32(40)26-7-5-6-8-27(26)33(38)41)30-20(2)37(29-18-17-25(44-3)19-28(29)30)31(39)21-9-13-23(36)14-10-21/h5-19H,4H2,1-3H3,(H,42,43). The Balaban J connectivity index is 1.53. The number of halogens is 1. The minimum Gasteiger partial charge on any atom is -0.497 e. The van der Waals surface area contributed by atoms with E-state index in [0.29, 0.717) is 60.9 Å². The first-order valence-electron chi connectivity index (χ1n) is 14.0. The molecule has 1 atom stereocenters. The van der Waals surface area contributed by atoms with Gasteiger partial charge in [0.1, 0.15) is 11.2 Å². The van der Waals surface area contributed by atoms with Gasteiger partial charge in [0.15, 0.2) is 0 Å². The molecule has 0 saturated heterocycles. The minimum atomic E-state index is -1.60. The third kappa shape index (κ3) is 4.21. The number of amides is 2. The summed E-state index contributed by atoms with van der Waals surface area (Å²) in [4.78, 5) is 54.6. The van der Waals surface area contributed by atoms with Crippen molar-refractivity contribution in [3.05, 3.63) is 130 Å². The molecular weight excluding hydrogens is 580 g/mol. The average Bonchev–Trinajstić information content (AvgIpc) is 3.47. The molecule has 2 heterocycles. The molecule has 0 fully saturated rings. The Morgan fingerprint density at radius 3 is 2.05 bits per heavy atom. The Bertz CT molecular complexity index is 1960. The van der Waals surface area contributed by atoms with Crippen LogP contribution >= 0.6 is 11.6 Å². The van der Waals surface area contributed by atoms with Crippen molar-refractivity contribution in [1.29, 1.82) is 0 Å². The van der Waals surface area contributed by atoms with Crippen molar-refractivity contribution in [2.24, 2.45) is 0 Å². The Kier molecular flexibility index (Phi) is 7.10. The first-order chi connectivity index (χ1) is 21.1. The topological polar surface area (TPSA) is 106 Å². The van der Waals surface area contributed by atoms with Gasteiger partial charge in [-0.15, -0.1) is 0 Å². The van der Waals surface area contributed by atoms with Gasteiger partial charge in [0.2, 0.25) is 0 Å². The van der Waals surface area contributed by atoms with Crippen molar-refractivity contribution in [2.75, 3.05) is 12.0 Å². The molecule has 5 aromatic rings. The maximum Gasteiger partial charge on any atom is 0.318 e. The SMILES string of the molecule is CCC(C(=O)O)(c1ccc(N2C(=O)c3ccccc3C2=O)cc1)c1c(C)n(C(=O)c2ccc(Cl)cc2)c2ccc(OC)cc12. The molecule has 8 nitrogen and oxygen atoms in total. The van der Waals surface area contributed by atoms with Crippen LogP contribution in [0.4, 0.5) is 5.69 Å². The number of anilines is 1. The molecule has 0 aliphatic carbocycles. The molecule has 1 aliphatic rings. The Hall–Kier alpha value is -5.21. The maximum absolute atomic E-state index is 13.9. The number of rotatable bonds is 7. The highest BCUT2D eigenvalue weighted by Gasteiger charge is 2.45. The van der Waals surface area contributed by atoms with E-state index in [0.717, 1.165) is 4.90 Å². The number of ether oxygens (including phenoxy) is 1. The normalized spacial score (nSPS) is 14.0. The zero-order chi connectivity index (χ0) is 31.3. The maximum atomic E-state index is 13.9. The highest BCUT2D eigenvalue weighted by molar-refractivity contribution is 6.34. The molecular formula is C35H27ClN2O6. The van der Waals surface area contributed by atoms with Gasteiger partial charge in [-0.25, -0.2) is 4.90 Å². The number of hydrogen-bond acceptors (Lipinski definition) is 5. The lowest BCUT2D eigenvalue weighted by Crippen LogP contribution is -2.37. The number of nitrogens with zero attached hydrogens (tertiary/aromatic N) is 2.